The Bertz CT molecular complexity index is 908. The molecule has 2 rings (SSSR count). The van der Waals surface area contributed by atoms with Crippen molar-refractivity contribution in [2.45, 2.75) is 6.54 Å². The third-order valence-corrected chi connectivity index (χ3v) is 3.99. The lowest BCUT2D eigenvalue weighted by Gasteiger charge is -2.23. The molecule has 0 fully saturated rings. The molecule has 2 N–H and O–H groups in total. The summed E-state index contributed by atoms with van der Waals surface area (Å²) in [6.45, 7) is 0.248. The van der Waals surface area contributed by atoms with E-state index in [0.717, 1.165) is 5.56 Å². The number of phenolic OH excluding ortho intramolecular Hbond substituents is 1. The Balaban J connectivity index is 2.26. The second kappa shape index (κ2) is 9.42. The highest BCUT2D eigenvalue weighted by Crippen LogP contribution is 2.23. The number of hydrogen-bond donors (Lipinski definition) is 2. The maximum absolute atomic E-state index is 12.4. The predicted octanol–water partition coefficient (Wildman–Crippen LogP) is 2.13. The standard InChI is InChI=1S/C18H15BrN4O4/c19-9-17(26)23(11-12-4-6-15(24)7-5-12)14-3-1-2-13(8-14)22-18(27)16(25)10-21-20/h1-8,10,24H,9,11H2,(H,22,27). The zero-order valence-electron chi connectivity index (χ0n) is 14.0. The Kier molecular flexibility index (Phi) is 6.99. The Morgan fingerprint density at radius 1 is 1.19 bits per heavy atom. The van der Waals surface area contributed by atoms with Crippen LogP contribution in [0.3, 0.4) is 0 Å². The van der Waals surface area contributed by atoms with Crippen molar-refractivity contribution in [1.82, 2.24) is 0 Å². The topological polar surface area (TPSA) is 123 Å². The van der Waals surface area contributed by atoms with E-state index >= 15 is 0 Å². The molecule has 0 radical (unpaired) electrons. The van der Waals surface area contributed by atoms with E-state index in [1.165, 1.54) is 17.0 Å². The Labute approximate surface area is 163 Å². The molecule has 0 saturated heterocycles. The van der Waals surface area contributed by atoms with Crippen LogP contribution < -0.4 is 10.2 Å². The molecule has 2 aromatic carbocycles. The molecule has 0 aliphatic rings. The van der Waals surface area contributed by atoms with E-state index in [9.17, 15) is 19.5 Å². The number of alkyl halides is 1. The fourth-order valence-corrected chi connectivity index (χ4v) is 2.54. The summed E-state index contributed by atoms with van der Waals surface area (Å²) in [5.74, 6) is -2.07. The number of halogens is 1. The summed E-state index contributed by atoms with van der Waals surface area (Å²) < 4.78 is 0. The van der Waals surface area contributed by atoms with Gasteiger partial charge in [0.15, 0.2) is 0 Å². The average Bonchev–Trinajstić information content (AvgIpc) is 2.67. The first kappa shape index (κ1) is 20.0. The molecule has 2 aromatic rings. The molecule has 0 unspecified atom stereocenters. The molecule has 138 valence electrons. The monoisotopic (exact) mass is 430 g/mol. The van der Waals surface area contributed by atoms with E-state index in [1.54, 1.807) is 36.4 Å². The van der Waals surface area contributed by atoms with E-state index in [-0.39, 0.29) is 23.5 Å². The fraction of sp³-hybridized carbons (Fsp3) is 0.111. The van der Waals surface area contributed by atoms with E-state index in [1.807, 2.05) is 0 Å². The summed E-state index contributed by atoms with van der Waals surface area (Å²) in [5, 5.41) is 11.9. The van der Waals surface area contributed by atoms with Crippen LogP contribution in [0.2, 0.25) is 0 Å². The second-order valence-corrected chi connectivity index (χ2v) is 5.95. The highest BCUT2D eigenvalue weighted by atomic mass is 79.9. The molecule has 0 aliphatic carbocycles. The van der Waals surface area contributed by atoms with Gasteiger partial charge in [-0.05, 0) is 35.9 Å². The summed E-state index contributed by atoms with van der Waals surface area (Å²) in [7, 11) is 0. The van der Waals surface area contributed by atoms with Crippen LogP contribution >= 0.6 is 15.9 Å². The van der Waals surface area contributed by atoms with Crippen molar-refractivity contribution in [3.63, 3.8) is 0 Å². The van der Waals surface area contributed by atoms with E-state index < -0.39 is 11.7 Å². The minimum absolute atomic E-state index is 0.0904. The molecule has 9 heteroatoms. The summed E-state index contributed by atoms with van der Waals surface area (Å²) >= 11 is 3.15. The SMILES string of the molecule is [N-]=[N+]=CC(=O)C(=O)Nc1cccc(N(Cc2ccc(O)cc2)C(=O)CBr)c1. The maximum atomic E-state index is 12.4. The number of amides is 2. The number of ketones is 1. The lowest BCUT2D eigenvalue weighted by atomic mass is 10.1. The van der Waals surface area contributed by atoms with Crippen LogP contribution in [0, 0.1) is 0 Å². The highest BCUT2D eigenvalue weighted by molar-refractivity contribution is 9.09. The van der Waals surface area contributed by atoms with Crippen molar-refractivity contribution in [3.8, 4) is 5.75 Å². The van der Waals surface area contributed by atoms with E-state index in [2.05, 4.69) is 26.0 Å². The number of anilines is 2. The van der Waals surface area contributed by atoms with Crippen LogP contribution in [0.5, 0.6) is 5.75 Å². The molecule has 0 spiro atoms. The number of carbonyl (C=O) groups excluding carboxylic acids is 3. The summed E-state index contributed by atoms with van der Waals surface area (Å²) in [4.78, 5) is 39.5. The summed E-state index contributed by atoms with van der Waals surface area (Å²) in [6, 6.07) is 12.9. The molecule has 0 aliphatic heterocycles. The highest BCUT2D eigenvalue weighted by Gasteiger charge is 2.18. The first-order chi connectivity index (χ1) is 12.9. The summed E-state index contributed by atoms with van der Waals surface area (Å²) in [5.41, 5.74) is 9.92. The maximum Gasteiger partial charge on any atom is 0.333 e. The van der Waals surface area contributed by atoms with Gasteiger partial charge in [-0.15, -0.1) is 0 Å². The number of phenols is 1. The number of benzene rings is 2. The van der Waals surface area contributed by atoms with Gasteiger partial charge in [0.05, 0.1) is 11.9 Å². The van der Waals surface area contributed by atoms with E-state index in [4.69, 9.17) is 5.53 Å². The van der Waals surface area contributed by atoms with Crippen LogP contribution in [0.15, 0.2) is 48.5 Å². The van der Waals surface area contributed by atoms with Gasteiger partial charge in [0.1, 0.15) is 5.75 Å². The van der Waals surface area contributed by atoms with Gasteiger partial charge < -0.3 is 20.9 Å². The van der Waals surface area contributed by atoms with Gasteiger partial charge in [-0.2, -0.15) is 4.79 Å². The minimum Gasteiger partial charge on any atom is -0.508 e. The smallest absolute Gasteiger partial charge is 0.333 e. The molecule has 0 heterocycles. The molecule has 2 amide bonds. The molecule has 0 aromatic heterocycles. The van der Waals surface area contributed by atoms with Crippen LogP contribution in [0.25, 0.3) is 5.53 Å². The summed E-state index contributed by atoms with van der Waals surface area (Å²) in [6.07, 6.45) is 0.491. The zero-order valence-corrected chi connectivity index (χ0v) is 15.6. The number of hydrogen-bond acceptors (Lipinski definition) is 4. The van der Waals surface area contributed by atoms with Crippen molar-refractivity contribution in [1.29, 1.82) is 0 Å². The molecular weight excluding hydrogens is 416 g/mol. The predicted molar refractivity (Wildman–Crippen MR) is 103 cm³/mol. The van der Waals surface area contributed by atoms with Gasteiger partial charge in [0, 0.05) is 11.4 Å². The van der Waals surface area contributed by atoms with Crippen LogP contribution in [0.4, 0.5) is 11.4 Å². The van der Waals surface area contributed by atoms with Gasteiger partial charge in [0.2, 0.25) is 5.91 Å². The third-order valence-electron chi connectivity index (χ3n) is 3.51. The number of Topliss-reactive ketones (excluding diaryl/α,β-unsaturated/α-hetero) is 1. The molecule has 0 bridgehead atoms. The largest absolute Gasteiger partial charge is 0.508 e. The first-order valence-electron chi connectivity index (χ1n) is 7.71. The van der Waals surface area contributed by atoms with E-state index in [0.29, 0.717) is 17.6 Å². The van der Waals surface area contributed by atoms with Crippen molar-refractivity contribution in [2.24, 2.45) is 0 Å². The number of aromatic hydroxyl groups is 1. The van der Waals surface area contributed by atoms with Gasteiger partial charge in [-0.25, -0.2) is 0 Å². The Morgan fingerprint density at radius 2 is 1.89 bits per heavy atom. The van der Waals surface area contributed by atoms with Crippen molar-refractivity contribution >= 4 is 51.1 Å². The number of rotatable bonds is 7. The minimum atomic E-state index is -1.01. The van der Waals surface area contributed by atoms with Crippen molar-refractivity contribution < 1.29 is 24.3 Å². The third kappa shape index (κ3) is 5.60. The molecule has 0 saturated carbocycles. The molecular formula is C18H15BrN4O4. The zero-order chi connectivity index (χ0) is 19.8. The normalized spacial score (nSPS) is 9.81. The average molecular weight is 431 g/mol. The number of carbonyl (C=O) groups is 3. The molecule has 0 atom stereocenters. The Hall–Kier alpha value is -3.29. The van der Waals surface area contributed by atoms with Crippen LogP contribution in [0.1, 0.15) is 5.56 Å². The molecule has 8 nitrogen and oxygen atoms in total. The first-order valence-corrected chi connectivity index (χ1v) is 8.83. The second-order valence-electron chi connectivity index (χ2n) is 5.39. The quantitative estimate of drug-likeness (QED) is 0.229. The van der Waals surface area contributed by atoms with Crippen molar-refractivity contribution in [2.75, 3.05) is 15.5 Å². The number of nitrogens with zero attached hydrogens (tertiary/aromatic N) is 3. The lowest BCUT2D eigenvalue weighted by Crippen LogP contribution is -2.31. The fourth-order valence-electron chi connectivity index (χ4n) is 2.23. The van der Waals surface area contributed by atoms with Gasteiger partial charge in [-0.3, -0.25) is 14.4 Å². The lowest BCUT2D eigenvalue weighted by molar-refractivity contribution is -0.132. The molecule has 27 heavy (non-hydrogen) atoms. The van der Waals surface area contributed by atoms with Gasteiger partial charge >= 0.3 is 17.9 Å². The number of nitrogens with one attached hydrogen (secondary N) is 1. The van der Waals surface area contributed by atoms with Gasteiger partial charge in [-0.1, -0.05) is 34.1 Å². The Morgan fingerprint density at radius 3 is 2.52 bits per heavy atom. The van der Waals surface area contributed by atoms with Crippen LogP contribution in [-0.4, -0.2) is 39.0 Å². The van der Waals surface area contributed by atoms with Crippen molar-refractivity contribution in [3.05, 3.63) is 59.6 Å². The van der Waals surface area contributed by atoms with Gasteiger partial charge in [0.25, 0.3) is 0 Å². The van der Waals surface area contributed by atoms with Crippen LogP contribution in [-0.2, 0) is 20.9 Å².